The van der Waals surface area contributed by atoms with E-state index in [1.165, 1.54) is 16.2 Å². The number of aryl methyl sites for hydroxylation is 2. The van der Waals surface area contributed by atoms with Crippen molar-refractivity contribution < 1.29 is 0 Å². The van der Waals surface area contributed by atoms with Gasteiger partial charge >= 0.3 is 0 Å². The van der Waals surface area contributed by atoms with E-state index in [9.17, 15) is 0 Å². The quantitative estimate of drug-likeness (QED) is 0.901. The molecule has 21 heavy (non-hydrogen) atoms. The van der Waals surface area contributed by atoms with Crippen LogP contribution in [0.2, 0.25) is 0 Å². The van der Waals surface area contributed by atoms with Crippen molar-refractivity contribution in [3.63, 3.8) is 0 Å². The van der Waals surface area contributed by atoms with Crippen LogP contribution in [0.3, 0.4) is 0 Å². The Labute approximate surface area is 138 Å². The molecule has 0 bridgehead atoms. The minimum absolute atomic E-state index is 0.123. The van der Waals surface area contributed by atoms with Gasteiger partial charge in [0.15, 0.2) is 0 Å². The summed E-state index contributed by atoms with van der Waals surface area (Å²) in [7, 11) is 2.00. The van der Waals surface area contributed by atoms with E-state index in [4.69, 9.17) is 5.73 Å². The number of hydrogen-bond donors (Lipinski definition) is 1. The maximum absolute atomic E-state index is 6.54. The number of benzene rings is 1. The molecule has 1 aromatic carbocycles. The average Bonchev–Trinajstić information content (AvgIpc) is 3.03. The Morgan fingerprint density at radius 1 is 1.48 bits per heavy atom. The van der Waals surface area contributed by atoms with Gasteiger partial charge in [0, 0.05) is 36.1 Å². The first kappa shape index (κ1) is 15.1. The lowest BCUT2D eigenvalue weighted by atomic mass is 9.91. The molecule has 2 N–H and O–H groups in total. The van der Waals surface area contributed by atoms with Crippen molar-refractivity contribution in [1.82, 2.24) is 9.78 Å². The molecule has 3 rings (SSSR count). The number of nitrogens with zero attached hydrogens (tertiary/aromatic N) is 2. The van der Waals surface area contributed by atoms with Gasteiger partial charge in [0.25, 0.3) is 0 Å². The van der Waals surface area contributed by atoms with Gasteiger partial charge in [0.1, 0.15) is 0 Å². The summed E-state index contributed by atoms with van der Waals surface area (Å²) in [5.74, 6) is 1.51. The van der Waals surface area contributed by atoms with Crippen molar-refractivity contribution >= 4 is 27.7 Å². The van der Waals surface area contributed by atoms with Gasteiger partial charge in [-0.2, -0.15) is 5.10 Å². The Kier molecular flexibility index (Phi) is 4.43. The van der Waals surface area contributed by atoms with Crippen LogP contribution in [0.1, 0.15) is 29.8 Å². The van der Waals surface area contributed by atoms with Crippen LogP contribution in [0.5, 0.6) is 0 Å². The van der Waals surface area contributed by atoms with Gasteiger partial charge in [-0.05, 0) is 34.0 Å². The predicted molar refractivity (Wildman–Crippen MR) is 91.9 cm³/mol. The Bertz CT molecular complexity index is 653. The number of halogens is 1. The molecule has 0 aliphatic carbocycles. The second-order valence-electron chi connectivity index (χ2n) is 5.51. The lowest BCUT2D eigenvalue weighted by Gasteiger charge is -2.20. The van der Waals surface area contributed by atoms with E-state index in [1.54, 1.807) is 0 Å². The molecular weight excluding hydrogens is 346 g/mol. The molecule has 2 atom stereocenters. The maximum Gasteiger partial charge on any atom is 0.0766 e. The number of aromatic nitrogens is 2. The van der Waals surface area contributed by atoms with Crippen LogP contribution in [0, 0.1) is 0 Å². The fourth-order valence-electron chi connectivity index (χ4n) is 2.95. The number of hydrogen-bond acceptors (Lipinski definition) is 3. The highest BCUT2D eigenvalue weighted by Gasteiger charge is 2.29. The van der Waals surface area contributed by atoms with E-state index in [-0.39, 0.29) is 6.04 Å². The summed E-state index contributed by atoms with van der Waals surface area (Å²) in [6, 6.07) is 8.75. The van der Waals surface area contributed by atoms with E-state index in [0.29, 0.717) is 5.92 Å². The first-order valence-electron chi connectivity index (χ1n) is 7.29. The van der Waals surface area contributed by atoms with Gasteiger partial charge in [-0.3, -0.25) is 4.68 Å². The van der Waals surface area contributed by atoms with E-state index in [0.717, 1.165) is 28.8 Å². The van der Waals surface area contributed by atoms with Crippen molar-refractivity contribution in [3.05, 3.63) is 45.7 Å². The molecule has 2 unspecified atom stereocenters. The fourth-order valence-corrected chi connectivity index (χ4v) is 5.07. The lowest BCUT2D eigenvalue weighted by Crippen LogP contribution is -2.31. The Morgan fingerprint density at radius 2 is 2.24 bits per heavy atom. The summed E-state index contributed by atoms with van der Waals surface area (Å²) in [4.78, 5) is 1.39. The van der Waals surface area contributed by atoms with Crippen LogP contribution in [0.15, 0.2) is 33.6 Å². The standard InChI is InChI=1S/C16H20BrN3S/c1-3-13-16(17)14(20(2)19-13)8-12(18)11-9-21-15-7-5-4-6-10(11)15/h4-7,11-12H,3,8-9,18H2,1-2H3. The second-order valence-corrected chi connectivity index (χ2v) is 7.36. The number of fused-ring (bicyclic) bond motifs is 1. The fraction of sp³-hybridized carbons (Fsp3) is 0.438. The molecule has 0 saturated heterocycles. The molecule has 2 heterocycles. The summed E-state index contributed by atoms with van der Waals surface area (Å²) in [5.41, 5.74) is 10.3. The topological polar surface area (TPSA) is 43.8 Å². The Balaban J connectivity index is 1.82. The summed E-state index contributed by atoms with van der Waals surface area (Å²) in [5, 5.41) is 4.56. The molecule has 1 aliphatic rings. The molecular formula is C16H20BrN3S. The smallest absolute Gasteiger partial charge is 0.0766 e. The summed E-state index contributed by atoms with van der Waals surface area (Å²) < 4.78 is 3.10. The van der Waals surface area contributed by atoms with Crippen molar-refractivity contribution in [2.24, 2.45) is 12.8 Å². The zero-order valence-corrected chi connectivity index (χ0v) is 14.7. The van der Waals surface area contributed by atoms with Gasteiger partial charge < -0.3 is 5.73 Å². The van der Waals surface area contributed by atoms with Crippen LogP contribution >= 0.6 is 27.7 Å². The number of thioether (sulfide) groups is 1. The van der Waals surface area contributed by atoms with Crippen LogP contribution in [0.25, 0.3) is 0 Å². The van der Waals surface area contributed by atoms with Crippen LogP contribution in [-0.4, -0.2) is 21.6 Å². The zero-order valence-electron chi connectivity index (χ0n) is 12.3. The Hall–Kier alpha value is -0.780. The van der Waals surface area contributed by atoms with E-state index < -0.39 is 0 Å². The second kappa shape index (κ2) is 6.15. The SMILES string of the molecule is CCc1nn(C)c(CC(N)C2CSc3ccccc32)c1Br. The Morgan fingerprint density at radius 3 is 2.95 bits per heavy atom. The van der Waals surface area contributed by atoms with E-state index in [2.05, 4.69) is 52.2 Å². The van der Waals surface area contributed by atoms with Gasteiger partial charge in [0.2, 0.25) is 0 Å². The molecule has 1 aliphatic heterocycles. The van der Waals surface area contributed by atoms with Crippen LogP contribution in [0.4, 0.5) is 0 Å². The van der Waals surface area contributed by atoms with E-state index >= 15 is 0 Å². The minimum atomic E-state index is 0.123. The molecule has 0 amide bonds. The van der Waals surface area contributed by atoms with Gasteiger partial charge in [-0.25, -0.2) is 0 Å². The molecule has 3 nitrogen and oxygen atoms in total. The number of nitrogens with two attached hydrogens (primary N) is 1. The maximum atomic E-state index is 6.54. The molecule has 0 saturated carbocycles. The summed E-state index contributed by atoms with van der Waals surface area (Å²) in [6.07, 6.45) is 1.79. The van der Waals surface area contributed by atoms with Crippen LogP contribution in [-0.2, 0) is 19.9 Å². The van der Waals surface area contributed by atoms with E-state index in [1.807, 2.05) is 23.5 Å². The highest BCUT2D eigenvalue weighted by atomic mass is 79.9. The summed E-state index contributed by atoms with van der Waals surface area (Å²) in [6.45, 7) is 2.13. The highest BCUT2D eigenvalue weighted by molar-refractivity contribution is 9.10. The largest absolute Gasteiger partial charge is 0.327 e. The molecule has 1 aromatic heterocycles. The zero-order chi connectivity index (χ0) is 15.0. The molecule has 2 aromatic rings. The van der Waals surface area contributed by atoms with Gasteiger partial charge in [0.05, 0.1) is 15.9 Å². The third kappa shape index (κ3) is 2.79. The molecule has 0 fully saturated rings. The highest BCUT2D eigenvalue weighted by Crippen LogP contribution is 2.41. The third-order valence-corrected chi connectivity index (χ3v) is 6.31. The monoisotopic (exact) mass is 365 g/mol. The summed E-state index contributed by atoms with van der Waals surface area (Å²) >= 11 is 5.61. The van der Waals surface area contributed by atoms with Crippen molar-refractivity contribution in [2.45, 2.75) is 36.6 Å². The molecule has 112 valence electrons. The lowest BCUT2D eigenvalue weighted by molar-refractivity contribution is 0.546. The van der Waals surface area contributed by atoms with Crippen molar-refractivity contribution in [1.29, 1.82) is 0 Å². The van der Waals surface area contributed by atoms with Gasteiger partial charge in [-0.1, -0.05) is 25.1 Å². The molecule has 5 heteroatoms. The third-order valence-electron chi connectivity index (χ3n) is 4.19. The number of rotatable bonds is 4. The van der Waals surface area contributed by atoms with Crippen LogP contribution < -0.4 is 5.73 Å². The predicted octanol–water partition coefficient (Wildman–Crippen LogP) is 3.50. The van der Waals surface area contributed by atoms with Crippen molar-refractivity contribution in [2.75, 3.05) is 5.75 Å². The minimum Gasteiger partial charge on any atom is -0.327 e. The normalized spacial score (nSPS) is 18.8. The molecule has 0 spiro atoms. The first-order valence-corrected chi connectivity index (χ1v) is 9.07. The van der Waals surface area contributed by atoms with Gasteiger partial charge in [-0.15, -0.1) is 11.8 Å². The molecule has 0 radical (unpaired) electrons. The first-order chi connectivity index (χ1) is 10.1. The van der Waals surface area contributed by atoms with Crippen molar-refractivity contribution in [3.8, 4) is 0 Å². The average molecular weight is 366 g/mol.